The van der Waals surface area contributed by atoms with E-state index in [1.807, 2.05) is 12.1 Å². The molecule has 10 nitrogen and oxygen atoms in total. The van der Waals surface area contributed by atoms with Crippen molar-refractivity contribution in [2.24, 2.45) is 0 Å². The minimum Gasteiger partial charge on any atom is -0.502 e. The largest absolute Gasteiger partial charge is 0.502 e. The summed E-state index contributed by atoms with van der Waals surface area (Å²) in [5, 5.41) is 11.7. The number of carbonyl (C=O) groups is 2. The predicted molar refractivity (Wildman–Crippen MR) is 167 cm³/mol. The molecule has 2 aliphatic rings. The lowest BCUT2D eigenvalue weighted by molar-refractivity contribution is -0.140. The van der Waals surface area contributed by atoms with E-state index in [1.54, 1.807) is 36.4 Å². The van der Waals surface area contributed by atoms with E-state index in [0.717, 1.165) is 25.9 Å². The lowest BCUT2D eigenvalue weighted by Gasteiger charge is -2.26. The lowest BCUT2D eigenvalue weighted by Crippen LogP contribution is -2.33. The van der Waals surface area contributed by atoms with Crippen molar-refractivity contribution in [2.75, 3.05) is 32.5 Å². The van der Waals surface area contributed by atoms with E-state index in [1.165, 1.54) is 37.5 Å². The average Bonchev–Trinajstić information content (AvgIpc) is 3.06. The lowest BCUT2D eigenvalue weighted by atomic mass is 9.98. The molecule has 6 rings (SSSR count). The Balaban J connectivity index is 1.39. The molecule has 1 saturated heterocycles. The van der Waals surface area contributed by atoms with Crippen molar-refractivity contribution in [3.05, 3.63) is 66.7 Å². The first-order chi connectivity index (χ1) is 21.7. The molecule has 0 spiro atoms. The molecule has 2 heterocycles. The number of phenolic OH excluding ortho intramolecular Hbond substituents is 1. The molecule has 1 fully saturated rings. The third kappa shape index (κ3) is 6.89. The van der Waals surface area contributed by atoms with Gasteiger partial charge >= 0.3 is 11.9 Å². The molecule has 0 aliphatic carbocycles. The van der Waals surface area contributed by atoms with Crippen LogP contribution in [-0.4, -0.2) is 62.9 Å². The van der Waals surface area contributed by atoms with Gasteiger partial charge in [-0.15, -0.1) is 0 Å². The molecule has 2 aliphatic heterocycles. The number of ether oxygens (including phenoxy) is 4. The molecule has 0 amide bonds. The van der Waals surface area contributed by atoms with Crippen molar-refractivity contribution in [1.82, 2.24) is 4.90 Å². The molecule has 0 radical (unpaired) electrons. The smallest absolute Gasteiger partial charge is 0.311 e. The van der Waals surface area contributed by atoms with E-state index in [9.17, 15) is 23.1 Å². The Morgan fingerprint density at radius 3 is 2.18 bits per heavy atom. The molecule has 2 bridgehead atoms. The number of piperidine rings is 1. The number of carbonyl (C=O) groups excluding carboxylic acids is 2. The number of phenols is 1. The quantitative estimate of drug-likeness (QED) is 0.186. The standard InChI is InChI=1S/C34H33NO9S/c1-45(39,40)25-11-5-22(6-12-25)26-13-14-27-28(21-29-32(38)34(27)44-31(37)16-15-30(36)43-29)33(26)42-24-9-7-23(8-10-24)41-20-19-35-17-3-2-4-18-35/h5-14,21,38H,2-4,15-20H2,1H3. The first-order valence-corrected chi connectivity index (χ1v) is 16.7. The molecule has 0 atom stereocenters. The van der Waals surface area contributed by atoms with Gasteiger partial charge in [-0.2, -0.15) is 0 Å². The summed E-state index contributed by atoms with van der Waals surface area (Å²) >= 11 is 0. The maximum absolute atomic E-state index is 12.5. The number of hydrogen-bond acceptors (Lipinski definition) is 10. The van der Waals surface area contributed by atoms with Crippen molar-refractivity contribution in [3.8, 4) is 45.6 Å². The molecule has 4 aromatic rings. The van der Waals surface area contributed by atoms with Crippen molar-refractivity contribution in [3.63, 3.8) is 0 Å². The zero-order valence-corrected chi connectivity index (χ0v) is 25.6. The van der Waals surface area contributed by atoms with Crippen LogP contribution >= 0.6 is 0 Å². The molecule has 0 unspecified atom stereocenters. The van der Waals surface area contributed by atoms with Crippen molar-refractivity contribution >= 4 is 32.5 Å². The second kappa shape index (κ2) is 12.8. The topological polar surface area (TPSA) is 129 Å². The van der Waals surface area contributed by atoms with Gasteiger partial charge in [0, 0.05) is 29.1 Å². The number of nitrogens with zero attached hydrogens (tertiary/aromatic N) is 1. The van der Waals surface area contributed by atoms with Crippen LogP contribution in [0.1, 0.15) is 32.1 Å². The summed E-state index contributed by atoms with van der Waals surface area (Å²) in [5.41, 5.74) is 1.23. The molecular weight excluding hydrogens is 598 g/mol. The maximum atomic E-state index is 12.5. The monoisotopic (exact) mass is 631 g/mol. The number of aromatic hydroxyl groups is 1. The minimum absolute atomic E-state index is 0.150. The van der Waals surface area contributed by atoms with Crippen molar-refractivity contribution < 1.29 is 42.1 Å². The fourth-order valence-electron chi connectivity index (χ4n) is 5.52. The summed E-state index contributed by atoms with van der Waals surface area (Å²) in [6.45, 7) is 3.63. The molecular formula is C34H33NO9S. The molecule has 0 aromatic heterocycles. The molecule has 11 heteroatoms. The van der Waals surface area contributed by atoms with Crippen LogP contribution < -0.4 is 18.9 Å². The number of rotatable bonds is 8. The summed E-state index contributed by atoms with van der Waals surface area (Å²) in [6, 6.07) is 18.4. The number of esters is 2. The minimum atomic E-state index is -3.42. The maximum Gasteiger partial charge on any atom is 0.311 e. The van der Waals surface area contributed by atoms with E-state index in [4.69, 9.17) is 18.9 Å². The second-order valence-corrected chi connectivity index (χ2v) is 13.2. The Morgan fingerprint density at radius 2 is 1.49 bits per heavy atom. The highest BCUT2D eigenvalue weighted by atomic mass is 32.2. The van der Waals surface area contributed by atoms with Crippen LogP contribution in [0.2, 0.25) is 0 Å². The molecule has 45 heavy (non-hydrogen) atoms. The van der Waals surface area contributed by atoms with E-state index >= 15 is 0 Å². The van der Waals surface area contributed by atoms with Crippen LogP contribution in [0.5, 0.6) is 34.5 Å². The summed E-state index contributed by atoms with van der Waals surface area (Å²) in [7, 11) is -3.42. The van der Waals surface area contributed by atoms with Gasteiger partial charge in [0.2, 0.25) is 5.75 Å². The highest BCUT2D eigenvalue weighted by Gasteiger charge is 2.26. The normalized spacial score (nSPS) is 15.8. The summed E-state index contributed by atoms with van der Waals surface area (Å²) < 4.78 is 47.5. The van der Waals surface area contributed by atoms with Crippen LogP contribution in [-0.2, 0) is 19.4 Å². The van der Waals surface area contributed by atoms with Gasteiger partial charge in [0.05, 0.1) is 17.7 Å². The Hall–Kier alpha value is -4.61. The number of sulfone groups is 1. The third-order valence-electron chi connectivity index (χ3n) is 7.90. The van der Waals surface area contributed by atoms with Crippen LogP contribution in [0.3, 0.4) is 0 Å². The zero-order chi connectivity index (χ0) is 31.6. The Kier molecular flexibility index (Phi) is 8.64. The third-order valence-corrected chi connectivity index (χ3v) is 9.03. The van der Waals surface area contributed by atoms with Gasteiger partial charge in [0.1, 0.15) is 23.9 Å². The number of benzene rings is 4. The van der Waals surface area contributed by atoms with Gasteiger partial charge in [0.15, 0.2) is 21.3 Å². The van der Waals surface area contributed by atoms with Gasteiger partial charge in [-0.1, -0.05) is 18.6 Å². The van der Waals surface area contributed by atoms with Gasteiger partial charge in [0.25, 0.3) is 0 Å². The van der Waals surface area contributed by atoms with E-state index in [-0.39, 0.29) is 29.2 Å². The van der Waals surface area contributed by atoms with E-state index in [2.05, 4.69) is 4.90 Å². The fraction of sp³-hybridized carbons (Fsp3) is 0.294. The van der Waals surface area contributed by atoms with Gasteiger partial charge in [-0.05, 0) is 86.1 Å². The zero-order valence-electron chi connectivity index (χ0n) is 24.8. The van der Waals surface area contributed by atoms with Gasteiger partial charge < -0.3 is 24.1 Å². The average molecular weight is 632 g/mol. The highest BCUT2D eigenvalue weighted by molar-refractivity contribution is 7.90. The Labute approximate surface area is 261 Å². The van der Waals surface area contributed by atoms with Crippen LogP contribution in [0.4, 0.5) is 0 Å². The van der Waals surface area contributed by atoms with Crippen molar-refractivity contribution in [2.45, 2.75) is 37.0 Å². The van der Waals surface area contributed by atoms with Gasteiger partial charge in [-0.3, -0.25) is 14.5 Å². The Bertz CT molecular complexity index is 1850. The second-order valence-electron chi connectivity index (χ2n) is 11.2. The molecule has 4 aromatic carbocycles. The summed E-state index contributed by atoms with van der Waals surface area (Å²) in [5.74, 6) is -0.718. The number of likely N-dealkylation sites (tertiary alicyclic amines) is 1. The van der Waals surface area contributed by atoms with Crippen molar-refractivity contribution in [1.29, 1.82) is 0 Å². The van der Waals surface area contributed by atoms with Crippen LogP contribution in [0.15, 0.2) is 71.6 Å². The molecule has 0 saturated carbocycles. The van der Waals surface area contributed by atoms with Gasteiger partial charge in [-0.25, -0.2) is 8.42 Å². The summed E-state index contributed by atoms with van der Waals surface area (Å²) in [4.78, 5) is 27.4. The first-order valence-electron chi connectivity index (χ1n) is 14.8. The SMILES string of the molecule is CS(=O)(=O)c1ccc(-c2ccc3c4c(O)c(cc3c2Oc2ccc(OCCN3CCCCC3)cc2)OC(=O)CCC(=O)O4)cc1. The van der Waals surface area contributed by atoms with Crippen LogP contribution in [0, 0.1) is 0 Å². The number of hydrogen-bond donors (Lipinski definition) is 1. The first kappa shape index (κ1) is 30.4. The fourth-order valence-corrected chi connectivity index (χ4v) is 6.15. The molecule has 234 valence electrons. The number of fused-ring (bicyclic) bond motifs is 4. The van der Waals surface area contributed by atoms with Crippen LogP contribution in [0.25, 0.3) is 21.9 Å². The highest BCUT2D eigenvalue weighted by Crippen LogP contribution is 2.49. The van der Waals surface area contributed by atoms with E-state index < -0.39 is 27.5 Å². The Morgan fingerprint density at radius 1 is 0.822 bits per heavy atom. The van der Waals surface area contributed by atoms with E-state index in [0.29, 0.717) is 45.8 Å². The summed E-state index contributed by atoms with van der Waals surface area (Å²) in [6.07, 6.45) is 4.44. The predicted octanol–water partition coefficient (Wildman–Crippen LogP) is 5.88. The molecule has 1 N–H and O–H groups in total.